The van der Waals surface area contributed by atoms with Gasteiger partial charge < -0.3 is 9.32 Å². The molecule has 1 aromatic heterocycles. The molecular weight excluding hydrogens is 304 g/mol. The molecule has 3 rings (SSSR count). The Morgan fingerprint density at radius 2 is 2.12 bits per heavy atom. The average Bonchev–Trinajstić information content (AvgIpc) is 3.02. The highest BCUT2D eigenvalue weighted by molar-refractivity contribution is 5.94. The van der Waals surface area contributed by atoms with Gasteiger partial charge in [-0.05, 0) is 37.5 Å². The number of amides is 1. The normalized spacial score (nSPS) is 20.6. The van der Waals surface area contributed by atoms with Crippen molar-refractivity contribution in [2.75, 3.05) is 6.54 Å². The molecule has 6 nitrogen and oxygen atoms in total. The number of carbonyl (C=O) groups excluding carboxylic acids is 1. The van der Waals surface area contributed by atoms with Crippen molar-refractivity contribution in [2.45, 2.75) is 45.1 Å². The molecule has 0 radical (unpaired) electrons. The smallest absolute Gasteiger partial charge is 0.254 e. The van der Waals surface area contributed by atoms with Gasteiger partial charge in [-0.2, -0.15) is 5.26 Å². The summed E-state index contributed by atoms with van der Waals surface area (Å²) in [4.78, 5) is 14.7. The second kappa shape index (κ2) is 6.83. The number of carbonyl (C=O) groups is 1. The minimum atomic E-state index is 0.00452. The molecule has 6 heteroatoms. The first-order valence-corrected chi connectivity index (χ1v) is 8.17. The van der Waals surface area contributed by atoms with Crippen molar-refractivity contribution >= 4 is 5.91 Å². The van der Waals surface area contributed by atoms with Crippen LogP contribution in [0.25, 0.3) is 0 Å². The molecule has 2 atom stereocenters. The van der Waals surface area contributed by atoms with Gasteiger partial charge in [-0.15, -0.1) is 10.2 Å². The summed E-state index contributed by atoms with van der Waals surface area (Å²) in [6.07, 6.45) is 2.20. The lowest BCUT2D eigenvalue weighted by molar-refractivity contribution is 0.0582. The van der Waals surface area contributed by atoms with Crippen LogP contribution in [0, 0.1) is 18.3 Å². The summed E-state index contributed by atoms with van der Waals surface area (Å²) >= 11 is 0. The SMILES string of the molecule is Cc1nnc([C@H]2CCCN(C(=O)c3ccc(CC#N)cc3)[C@H]2C)o1. The Morgan fingerprint density at radius 3 is 2.75 bits per heavy atom. The second-order valence-electron chi connectivity index (χ2n) is 6.18. The van der Waals surface area contributed by atoms with Crippen molar-refractivity contribution in [1.82, 2.24) is 15.1 Å². The van der Waals surface area contributed by atoms with Crippen LogP contribution in [-0.2, 0) is 6.42 Å². The Labute approximate surface area is 141 Å². The van der Waals surface area contributed by atoms with Crippen LogP contribution in [-0.4, -0.2) is 33.6 Å². The summed E-state index contributed by atoms with van der Waals surface area (Å²) in [5, 5.41) is 16.8. The van der Waals surface area contributed by atoms with Crippen molar-refractivity contribution < 1.29 is 9.21 Å². The van der Waals surface area contributed by atoms with Crippen molar-refractivity contribution in [3.05, 3.63) is 47.2 Å². The van der Waals surface area contributed by atoms with E-state index >= 15 is 0 Å². The third-order valence-electron chi connectivity index (χ3n) is 4.59. The van der Waals surface area contributed by atoms with E-state index in [2.05, 4.69) is 16.3 Å². The van der Waals surface area contributed by atoms with E-state index in [4.69, 9.17) is 9.68 Å². The summed E-state index contributed by atoms with van der Waals surface area (Å²) in [6, 6.07) is 9.38. The Bertz CT molecular complexity index is 760. The Hall–Kier alpha value is -2.68. The van der Waals surface area contributed by atoms with Gasteiger partial charge in [0.05, 0.1) is 18.4 Å². The third kappa shape index (κ3) is 3.16. The largest absolute Gasteiger partial charge is 0.425 e. The Morgan fingerprint density at radius 1 is 1.38 bits per heavy atom. The van der Waals surface area contributed by atoms with Crippen LogP contribution in [0.1, 0.15) is 53.4 Å². The van der Waals surface area contributed by atoms with Crippen molar-refractivity contribution in [2.24, 2.45) is 0 Å². The molecule has 0 spiro atoms. The molecular formula is C18H20N4O2. The van der Waals surface area contributed by atoms with Crippen LogP contribution >= 0.6 is 0 Å². The molecule has 124 valence electrons. The standard InChI is InChI=1S/C18H20N4O2/c1-12-16(17-21-20-13(2)24-17)4-3-11-22(12)18(23)15-7-5-14(6-8-15)9-10-19/h5-8,12,16H,3-4,9,11H2,1-2H3/t12-,16-/m0/s1. The predicted octanol–water partition coefficient (Wildman–Crippen LogP) is 2.85. The first-order valence-electron chi connectivity index (χ1n) is 8.17. The number of nitriles is 1. The summed E-state index contributed by atoms with van der Waals surface area (Å²) in [7, 11) is 0. The van der Waals surface area contributed by atoms with Gasteiger partial charge >= 0.3 is 0 Å². The zero-order valence-electron chi connectivity index (χ0n) is 13.9. The summed E-state index contributed by atoms with van der Waals surface area (Å²) in [6.45, 7) is 4.53. The van der Waals surface area contributed by atoms with E-state index in [0.717, 1.165) is 24.9 Å². The molecule has 1 fully saturated rings. The van der Waals surface area contributed by atoms with Gasteiger partial charge in [0.25, 0.3) is 5.91 Å². The molecule has 1 aliphatic heterocycles. The molecule has 0 unspecified atom stereocenters. The topological polar surface area (TPSA) is 83.0 Å². The highest BCUT2D eigenvalue weighted by Crippen LogP contribution is 2.32. The number of benzene rings is 1. The number of piperidine rings is 1. The van der Waals surface area contributed by atoms with Crippen LogP contribution in [0.15, 0.2) is 28.7 Å². The zero-order valence-corrected chi connectivity index (χ0v) is 13.9. The van der Waals surface area contributed by atoms with Crippen LogP contribution in [0.2, 0.25) is 0 Å². The fourth-order valence-corrected chi connectivity index (χ4v) is 3.24. The second-order valence-corrected chi connectivity index (χ2v) is 6.18. The van der Waals surface area contributed by atoms with Gasteiger partial charge in [0.2, 0.25) is 11.8 Å². The maximum atomic E-state index is 12.9. The van der Waals surface area contributed by atoms with Gasteiger partial charge in [-0.1, -0.05) is 12.1 Å². The van der Waals surface area contributed by atoms with E-state index in [9.17, 15) is 4.79 Å². The van der Waals surface area contributed by atoms with Crippen LogP contribution in [0.4, 0.5) is 0 Å². The molecule has 1 aliphatic rings. The van der Waals surface area contributed by atoms with Gasteiger partial charge in [-0.3, -0.25) is 4.79 Å². The van der Waals surface area contributed by atoms with E-state index in [-0.39, 0.29) is 17.9 Å². The van der Waals surface area contributed by atoms with Gasteiger partial charge in [-0.25, -0.2) is 0 Å². The minimum Gasteiger partial charge on any atom is -0.425 e. The van der Waals surface area contributed by atoms with Crippen molar-refractivity contribution in [1.29, 1.82) is 5.26 Å². The van der Waals surface area contributed by atoms with Crippen LogP contribution in [0.5, 0.6) is 0 Å². The molecule has 1 aromatic carbocycles. The van der Waals surface area contributed by atoms with Crippen molar-refractivity contribution in [3.8, 4) is 6.07 Å². The van der Waals surface area contributed by atoms with Gasteiger partial charge in [0, 0.05) is 25.1 Å². The quantitative estimate of drug-likeness (QED) is 0.867. The predicted molar refractivity (Wildman–Crippen MR) is 87.3 cm³/mol. The number of hydrogen-bond donors (Lipinski definition) is 0. The maximum absolute atomic E-state index is 12.9. The van der Waals surface area contributed by atoms with E-state index in [1.807, 2.05) is 24.0 Å². The van der Waals surface area contributed by atoms with E-state index in [1.165, 1.54) is 0 Å². The molecule has 0 bridgehead atoms. The number of hydrogen-bond acceptors (Lipinski definition) is 5. The molecule has 1 saturated heterocycles. The van der Waals surface area contributed by atoms with Crippen LogP contribution in [0.3, 0.4) is 0 Å². The number of aryl methyl sites for hydroxylation is 1. The monoisotopic (exact) mass is 324 g/mol. The first-order chi connectivity index (χ1) is 11.6. The number of aromatic nitrogens is 2. The highest BCUT2D eigenvalue weighted by Gasteiger charge is 2.35. The van der Waals surface area contributed by atoms with Gasteiger partial charge in [0.1, 0.15) is 0 Å². The fraction of sp³-hybridized carbons (Fsp3) is 0.444. The number of rotatable bonds is 3. The first kappa shape index (κ1) is 16.2. The molecule has 2 heterocycles. The minimum absolute atomic E-state index is 0.00452. The lowest BCUT2D eigenvalue weighted by Crippen LogP contribution is -2.46. The van der Waals surface area contributed by atoms with E-state index in [1.54, 1.807) is 19.1 Å². The van der Waals surface area contributed by atoms with E-state index in [0.29, 0.717) is 23.8 Å². The van der Waals surface area contributed by atoms with Crippen molar-refractivity contribution in [3.63, 3.8) is 0 Å². The number of nitrogens with zero attached hydrogens (tertiary/aromatic N) is 4. The van der Waals surface area contributed by atoms with Gasteiger partial charge in [0.15, 0.2) is 0 Å². The molecule has 0 N–H and O–H groups in total. The summed E-state index contributed by atoms with van der Waals surface area (Å²) in [5.74, 6) is 1.24. The lowest BCUT2D eigenvalue weighted by Gasteiger charge is -2.38. The summed E-state index contributed by atoms with van der Waals surface area (Å²) < 4.78 is 5.58. The Balaban J connectivity index is 1.77. The summed E-state index contributed by atoms with van der Waals surface area (Å²) in [5.41, 5.74) is 1.56. The highest BCUT2D eigenvalue weighted by atomic mass is 16.4. The van der Waals surface area contributed by atoms with Crippen LogP contribution < -0.4 is 0 Å². The zero-order chi connectivity index (χ0) is 17.1. The lowest BCUT2D eigenvalue weighted by atomic mass is 9.89. The Kier molecular flexibility index (Phi) is 4.61. The molecule has 1 amide bonds. The maximum Gasteiger partial charge on any atom is 0.254 e. The average molecular weight is 324 g/mol. The molecule has 2 aromatic rings. The van der Waals surface area contributed by atoms with E-state index < -0.39 is 0 Å². The number of likely N-dealkylation sites (tertiary alicyclic amines) is 1. The fourth-order valence-electron chi connectivity index (χ4n) is 3.24. The molecule has 0 aliphatic carbocycles. The molecule has 24 heavy (non-hydrogen) atoms. The molecule has 0 saturated carbocycles. The third-order valence-corrected chi connectivity index (χ3v) is 4.59.